The molecule has 0 aliphatic carbocycles. The van der Waals surface area contributed by atoms with Gasteiger partial charge < -0.3 is 20.4 Å². The molecule has 6 nitrogen and oxygen atoms in total. The van der Waals surface area contributed by atoms with Gasteiger partial charge in [-0.1, -0.05) is 6.92 Å². The molecular weight excluding hydrogens is 328 g/mol. The van der Waals surface area contributed by atoms with Gasteiger partial charge in [0, 0.05) is 45.2 Å². The van der Waals surface area contributed by atoms with Gasteiger partial charge in [0.2, 0.25) is 5.91 Å². The number of urea groups is 1. The van der Waals surface area contributed by atoms with Gasteiger partial charge in [0.15, 0.2) is 0 Å². The van der Waals surface area contributed by atoms with Crippen molar-refractivity contribution in [2.45, 2.75) is 39.0 Å². The van der Waals surface area contributed by atoms with Gasteiger partial charge in [-0.15, -0.1) is 12.4 Å². The van der Waals surface area contributed by atoms with Crippen molar-refractivity contribution in [2.75, 3.05) is 45.8 Å². The van der Waals surface area contributed by atoms with Crippen LogP contribution in [0.2, 0.25) is 0 Å². The predicted molar refractivity (Wildman–Crippen MR) is 96.1 cm³/mol. The minimum Gasteiger partial charge on any atom is -0.342 e. The van der Waals surface area contributed by atoms with Crippen LogP contribution in [0.5, 0.6) is 0 Å². The number of carbonyl (C=O) groups excluding carboxylic acids is 2. The van der Waals surface area contributed by atoms with Crippen molar-refractivity contribution >= 4 is 24.3 Å². The molecule has 0 saturated carbocycles. The van der Waals surface area contributed by atoms with Crippen LogP contribution in [0.3, 0.4) is 0 Å². The first-order valence-electron chi connectivity index (χ1n) is 9.05. The fraction of sp³-hybridized carbons (Fsp3) is 0.882. The molecule has 3 rings (SSSR count). The topological polar surface area (TPSA) is 69.9 Å². The van der Waals surface area contributed by atoms with Crippen molar-refractivity contribution in [2.24, 2.45) is 17.1 Å². The summed E-state index contributed by atoms with van der Waals surface area (Å²) in [7, 11) is 0. The van der Waals surface area contributed by atoms with Gasteiger partial charge in [0.1, 0.15) is 0 Å². The summed E-state index contributed by atoms with van der Waals surface area (Å²) in [6.07, 6.45) is 4.84. The number of amides is 3. The van der Waals surface area contributed by atoms with E-state index in [1.165, 1.54) is 0 Å². The van der Waals surface area contributed by atoms with E-state index in [9.17, 15) is 9.59 Å². The third kappa shape index (κ3) is 3.97. The maximum Gasteiger partial charge on any atom is 0.319 e. The number of carbonyl (C=O) groups is 2. The zero-order valence-electron chi connectivity index (χ0n) is 14.7. The predicted octanol–water partition coefficient (Wildman–Crippen LogP) is 1.53. The summed E-state index contributed by atoms with van der Waals surface area (Å²) in [6, 6.07) is 0.172. The third-order valence-electron chi connectivity index (χ3n) is 5.85. The SMILES string of the molecule is CC1(CN)CCN(C(=O)C2CCN(C(=O)N3CCCC3)CC2)C1.Cl. The summed E-state index contributed by atoms with van der Waals surface area (Å²) in [5.41, 5.74) is 5.92. The van der Waals surface area contributed by atoms with Gasteiger partial charge in [0.25, 0.3) is 0 Å². The van der Waals surface area contributed by atoms with Gasteiger partial charge in [-0.3, -0.25) is 4.79 Å². The second kappa shape index (κ2) is 7.91. The van der Waals surface area contributed by atoms with E-state index >= 15 is 0 Å². The van der Waals surface area contributed by atoms with Crippen LogP contribution in [-0.2, 0) is 4.79 Å². The molecule has 3 aliphatic rings. The van der Waals surface area contributed by atoms with Gasteiger partial charge in [-0.2, -0.15) is 0 Å². The Morgan fingerprint density at radius 3 is 2.12 bits per heavy atom. The number of likely N-dealkylation sites (tertiary alicyclic amines) is 3. The molecule has 3 heterocycles. The highest BCUT2D eigenvalue weighted by Gasteiger charge is 2.38. The van der Waals surface area contributed by atoms with Crippen LogP contribution in [0.4, 0.5) is 4.79 Å². The molecule has 7 heteroatoms. The van der Waals surface area contributed by atoms with Crippen LogP contribution in [-0.4, -0.2) is 72.5 Å². The molecule has 0 aromatic heterocycles. The molecule has 24 heavy (non-hydrogen) atoms. The molecule has 2 N–H and O–H groups in total. The van der Waals surface area contributed by atoms with Crippen LogP contribution in [0.25, 0.3) is 0 Å². The summed E-state index contributed by atoms with van der Waals surface area (Å²) < 4.78 is 0. The maximum absolute atomic E-state index is 12.7. The molecule has 0 aromatic carbocycles. The van der Waals surface area contributed by atoms with Crippen molar-refractivity contribution in [3.05, 3.63) is 0 Å². The Balaban J connectivity index is 0.00000208. The maximum atomic E-state index is 12.7. The summed E-state index contributed by atoms with van der Waals surface area (Å²) in [5.74, 6) is 0.355. The Kier molecular flexibility index (Phi) is 6.37. The Hall–Kier alpha value is -1.01. The fourth-order valence-corrected chi connectivity index (χ4v) is 4.06. The number of nitrogens with zero attached hydrogens (tertiary/aromatic N) is 3. The van der Waals surface area contributed by atoms with Gasteiger partial charge in [-0.25, -0.2) is 4.79 Å². The molecule has 3 amide bonds. The van der Waals surface area contributed by atoms with Gasteiger partial charge in [-0.05, 0) is 44.1 Å². The number of rotatable bonds is 2. The smallest absolute Gasteiger partial charge is 0.319 e. The molecule has 3 aliphatic heterocycles. The van der Waals surface area contributed by atoms with Crippen LogP contribution in [0, 0.1) is 11.3 Å². The molecular formula is C17H31ClN4O2. The van der Waals surface area contributed by atoms with E-state index in [-0.39, 0.29) is 35.7 Å². The van der Waals surface area contributed by atoms with E-state index < -0.39 is 0 Å². The highest BCUT2D eigenvalue weighted by molar-refractivity contribution is 5.85. The zero-order chi connectivity index (χ0) is 16.4. The number of nitrogens with two attached hydrogens (primary N) is 1. The lowest BCUT2D eigenvalue weighted by atomic mass is 9.90. The number of hydrogen-bond donors (Lipinski definition) is 1. The fourth-order valence-electron chi connectivity index (χ4n) is 4.06. The number of halogens is 1. The largest absolute Gasteiger partial charge is 0.342 e. The first-order valence-corrected chi connectivity index (χ1v) is 9.05. The summed E-state index contributed by atoms with van der Waals surface area (Å²) in [5, 5.41) is 0. The van der Waals surface area contributed by atoms with E-state index in [2.05, 4.69) is 6.92 Å². The van der Waals surface area contributed by atoms with Crippen LogP contribution < -0.4 is 5.73 Å². The first kappa shape index (κ1) is 19.3. The van der Waals surface area contributed by atoms with Gasteiger partial charge in [0.05, 0.1) is 0 Å². The van der Waals surface area contributed by atoms with Crippen LogP contribution >= 0.6 is 12.4 Å². The Morgan fingerprint density at radius 2 is 1.58 bits per heavy atom. The van der Waals surface area contributed by atoms with Crippen molar-refractivity contribution in [3.63, 3.8) is 0 Å². The Morgan fingerprint density at radius 1 is 1.00 bits per heavy atom. The molecule has 0 spiro atoms. The van der Waals surface area contributed by atoms with Gasteiger partial charge >= 0.3 is 6.03 Å². The highest BCUT2D eigenvalue weighted by atomic mass is 35.5. The van der Waals surface area contributed by atoms with Crippen molar-refractivity contribution in [1.29, 1.82) is 0 Å². The van der Waals surface area contributed by atoms with E-state index in [0.29, 0.717) is 19.6 Å². The molecule has 3 fully saturated rings. The molecule has 0 radical (unpaired) electrons. The molecule has 0 aromatic rings. The standard InChI is InChI=1S/C17H30N4O2.ClH/c1-17(12-18)6-11-21(13-17)15(22)14-4-9-20(10-5-14)16(23)19-7-2-3-8-19;/h14H,2-13,18H2,1H3;1H. The van der Waals surface area contributed by atoms with Crippen molar-refractivity contribution in [3.8, 4) is 0 Å². The summed E-state index contributed by atoms with van der Waals surface area (Å²) in [6.45, 7) is 7.64. The average molecular weight is 359 g/mol. The Bertz CT molecular complexity index is 462. The molecule has 1 atom stereocenters. The van der Waals surface area contributed by atoms with E-state index in [4.69, 9.17) is 5.73 Å². The molecule has 1 unspecified atom stereocenters. The van der Waals surface area contributed by atoms with Crippen LogP contribution in [0.1, 0.15) is 39.0 Å². The summed E-state index contributed by atoms with van der Waals surface area (Å²) in [4.78, 5) is 31.0. The minimum absolute atomic E-state index is 0. The van der Waals surface area contributed by atoms with Crippen LogP contribution in [0.15, 0.2) is 0 Å². The van der Waals surface area contributed by atoms with E-state index in [0.717, 1.165) is 58.3 Å². The lowest BCUT2D eigenvalue weighted by Crippen LogP contribution is -2.48. The monoisotopic (exact) mass is 358 g/mol. The molecule has 138 valence electrons. The van der Waals surface area contributed by atoms with E-state index in [1.54, 1.807) is 0 Å². The van der Waals surface area contributed by atoms with Crippen molar-refractivity contribution in [1.82, 2.24) is 14.7 Å². The normalized spacial score (nSPS) is 28.2. The average Bonchev–Trinajstić information content (AvgIpc) is 3.24. The molecule has 3 saturated heterocycles. The molecule has 0 bridgehead atoms. The first-order chi connectivity index (χ1) is 11.0. The third-order valence-corrected chi connectivity index (χ3v) is 5.85. The lowest BCUT2D eigenvalue weighted by molar-refractivity contribution is -0.136. The number of hydrogen-bond acceptors (Lipinski definition) is 3. The lowest BCUT2D eigenvalue weighted by Gasteiger charge is -2.35. The zero-order valence-corrected chi connectivity index (χ0v) is 15.5. The minimum atomic E-state index is 0. The highest BCUT2D eigenvalue weighted by Crippen LogP contribution is 2.31. The summed E-state index contributed by atoms with van der Waals surface area (Å²) >= 11 is 0. The van der Waals surface area contributed by atoms with E-state index in [1.807, 2.05) is 14.7 Å². The number of piperidine rings is 1. The Labute approximate surface area is 151 Å². The second-order valence-corrected chi connectivity index (χ2v) is 7.76. The van der Waals surface area contributed by atoms with Crippen molar-refractivity contribution < 1.29 is 9.59 Å². The second-order valence-electron chi connectivity index (χ2n) is 7.76. The quantitative estimate of drug-likeness (QED) is 0.813.